The Labute approximate surface area is 130 Å². The average Bonchev–Trinajstić information content (AvgIpc) is 2.43. The third kappa shape index (κ3) is 7.97. The van der Waals surface area contributed by atoms with E-state index in [0.29, 0.717) is 6.42 Å². The van der Waals surface area contributed by atoms with Gasteiger partial charge < -0.3 is 19.3 Å². The predicted octanol–water partition coefficient (Wildman–Crippen LogP) is 1.36. The highest BCUT2D eigenvalue weighted by molar-refractivity contribution is 5.90. The van der Waals surface area contributed by atoms with E-state index in [1.807, 2.05) is 6.92 Å². The number of hydrogen-bond donors (Lipinski definition) is 1. The Balaban J connectivity index is 4.77. The van der Waals surface area contributed by atoms with E-state index in [4.69, 9.17) is 14.2 Å². The lowest BCUT2D eigenvalue weighted by atomic mass is 9.95. The molecule has 0 bridgehead atoms. The van der Waals surface area contributed by atoms with Crippen molar-refractivity contribution in [3.63, 3.8) is 0 Å². The lowest BCUT2D eigenvalue weighted by Crippen LogP contribution is -2.45. The molecule has 0 atom stereocenters. The van der Waals surface area contributed by atoms with Crippen LogP contribution in [0.25, 0.3) is 0 Å². The van der Waals surface area contributed by atoms with Crippen LogP contribution in [0.1, 0.15) is 52.9 Å². The van der Waals surface area contributed by atoms with E-state index >= 15 is 0 Å². The number of unbranched alkanes of at least 4 members (excludes halogenated alkanes) is 2. The largest absolute Gasteiger partial charge is 0.466 e. The van der Waals surface area contributed by atoms with Crippen LogP contribution in [0.2, 0.25) is 0 Å². The van der Waals surface area contributed by atoms with Crippen molar-refractivity contribution in [3.05, 3.63) is 0 Å². The molecule has 0 saturated carbocycles. The third-order valence-corrected chi connectivity index (χ3v) is 2.85. The highest BCUT2D eigenvalue weighted by atomic mass is 16.6. The van der Waals surface area contributed by atoms with Crippen molar-refractivity contribution >= 4 is 17.9 Å². The molecule has 0 spiro atoms. The normalized spacial score (nSPS) is 10.9. The van der Waals surface area contributed by atoms with E-state index in [2.05, 4.69) is 0 Å². The van der Waals surface area contributed by atoms with Gasteiger partial charge in [0.25, 0.3) is 0 Å². The molecule has 0 aliphatic heterocycles. The van der Waals surface area contributed by atoms with Gasteiger partial charge in [-0.1, -0.05) is 19.8 Å². The zero-order chi connectivity index (χ0) is 17.0. The average molecular weight is 318 g/mol. The summed E-state index contributed by atoms with van der Waals surface area (Å²) >= 11 is 0. The molecule has 1 N–H and O–H groups in total. The molecule has 7 heteroatoms. The standard InChI is InChI=1S/C15H26O7/c1-4-7-8-9-22-14(18)15(19,10-12(16)20-5-2)11-13(17)21-6-3/h19H,4-11H2,1-3H3. The second kappa shape index (κ2) is 11.0. The number of aliphatic hydroxyl groups is 1. The van der Waals surface area contributed by atoms with E-state index in [1.54, 1.807) is 13.8 Å². The lowest BCUT2D eigenvalue weighted by molar-refractivity contribution is -0.177. The molecule has 0 aromatic carbocycles. The van der Waals surface area contributed by atoms with Gasteiger partial charge in [-0.2, -0.15) is 0 Å². The molecule has 0 heterocycles. The Morgan fingerprint density at radius 2 is 1.36 bits per heavy atom. The zero-order valence-corrected chi connectivity index (χ0v) is 13.6. The van der Waals surface area contributed by atoms with Crippen LogP contribution in [0.5, 0.6) is 0 Å². The van der Waals surface area contributed by atoms with Crippen molar-refractivity contribution in [2.45, 2.75) is 58.5 Å². The second-order valence-corrected chi connectivity index (χ2v) is 4.84. The zero-order valence-electron chi connectivity index (χ0n) is 13.6. The fourth-order valence-corrected chi connectivity index (χ4v) is 1.76. The van der Waals surface area contributed by atoms with Crippen LogP contribution in [0.3, 0.4) is 0 Å². The van der Waals surface area contributed by atoms with Crippen LogP contribution in [-0.4, -0.2) is 48.4 Å². The summed E-state index contributed by atoms with van der Waals surface area (Å²) in [6, 6.07) is 0. The molecule has 0 aliphatic carbocycles. The van der Waals surface area contributed by atoms with Gasteiger partial charge in [0.05, 0.1) is 32.7 Å². The van der Waals surface area contributed by atoms with Gasteiger partial charge in [-0.25, -0.2) is 4.79 Å². The van der Waals surface area contributed by atoms with Crippen molar-refractivity contribution in [3.8, 4) is 0 Å². The summed E-state index contributed by atoms with van der Waals surface area (Å²) in [4.78, 5) is 35.1. The second-order valence-electron chi connectivity index (χ2n) is 4.84. The summed E-state index contributed by atoms with van der Waals surface area (Å²) in [5.41, 5.74) is -2.26. The van der Waals surface area contributed by atoms with Gasteiger partial charge in [0.15, 0.2) is 5.60 Å². The minimum Gasteiger partial charge on any atom is -0.466 e. The van der Waals surface area contributed by atoms with Crippen LogP contribution in [0, 0.1) is 0 Å². The van der Waals surface area contributed by atoms with Gasteiger partial charge in [-0.05, 0) is 20.3 Å². The highest BCUT2D eigenvalue weighted by Gasteiger charge is 2.43. The number of hydrogen-bond acceptors (Lipinski definition) is 7. The van der Waals surface area contributed by atoms with Gasteiger partial charge in [0, 0.05) is 0 Å². The third-order valence-electron chi connectivity index (χ3n) is 2.85. The van der Waals surface area contributed by atoms with E-state index in [9.17, 15) is 19.5 Å². The Kier molecular flexibility index (Phi) is 10.2. The summed E-state index contributed by atoms with van der Waals surface area (Å²) < 4.78 is 14.4. The van der Waals surface area contributed by atoms with Crippen LogP contribution in [0.15, 0.2) is 0 Å². The quantitative estimate of drug-likeness (QED) is 0.349. The summed E-state index contributed by atoms with van der Waals surface area (Å²) in [6.45, 7) is 5.55. The molecular weight excluding hydrogens is 292 g/mol. The van der Waals surface area contributed by atoms with Crippen molar-refractivity contribution in [2.75, 3.05) is 19.8 Å². The number of esters is 3. The van der Waals surface area contributed by atoms with Crippen LogP contribution >= 0.6 is 0 Å². The first-order valence-electron chi connectivity index (χ1n) is 7.60. The van der Waals surface area contributed by atoms with E-state index in [0.717, 1.165) is 12.8 Å². The number of rotatable bonds is 11. The summed E-state index contributed by atoms with van der Waals surface area (Å²) in [5.74, 6) is -2.57. The Morgan fingerprint density at radius 3 is 1.77 bits per heavy atom. The first-order valence-corrected chi connectivity index (χ1v) is 7.60. The maximum absolute atomic E-state index is 12.0. The molecule has 0 saturated heterocycles. The first kappa shape index (κ1) is 20.4. The van der Waals surface area contributed by atoms with Crippen molar-refractivity contribution in [1.82, 2.24) is 0 Å². The molecule has 0 aliphatic rings. The topological polar surface area (TPSA) is 99.1 Å². The van der Waals surface area contributed by atoms with Crippen molar-refractivity contribution < 1.29 is 33.7 Å². The van der Waals surface area contributed by atoms with Gasteiger partial charge in [-0.15, -0.1) is 0 Å². The van der Waals surface area contributed by atoms with Gasteiger partial charge in [-0.3, -0.25) is 9.59 Å². The van der Waals surface area contributed by atoms with Crippen LogP contribution in [-0.2, 0) is 28.6 Å². The molecule has 0 unspecified atom stereocenters. The molecule has 128 valence electrons. The van der Waals surface area contributed by atoms with Crippen molar-refractivity contribution in [2.24, 2.45) is 0 Å². The first-order chi connectivity index (χ1) is 10.4. The Hall–Kier alpha value is -1.63. The van der Waals surface area contributed by atoms with E-state index in [-0.39, 0.29) is 19.8 Å². The van der Waals surface area contributed by atoms with Gasteiger partial charge >= 0.3 is 17.9 Å². The lowest BCUT2D eigenvalue weighted by Gasteiger charge is -2.24. The highest BCUT2D eigenvalue weighted by Crippen LogP contribution is 2.20. The number of ether oxygens (including phenoxy) is 3. The maximum atomic E-state index is 12.0. The monoisotopic (exact) mass is 318 g/mol. The number of carbonyl (C=O) groups is 3. The molecular formula is C15H26O7. The van der Waals surface area contributed by atoms with Crippen LogP contribution in [0.4, 0.5) is 0 Å². The minimum atomic E-state index is -2.26. The maximum Gasteiger partial charge on any atom is 0.339 e. The summed E-state index contributed by atoms with van der Waals surface area (Å²) in [7, 11) is 0. The Morgan fingerprint density at radius 1 is 0.864 bits per heavy atom. The van der Waals surface area contributed by atoms with Crippen LogP contribution < -0.4 is 0 Å². The predicted molar refractivity (Wildman–Crippen MR) is 77.9 cm³/mol. The Bertz CT molecular complexity index is 345. The number of carbonyl (C=O) groups excluding carboxylic acids is 3. The van der Waals surface area contributed by atoms with Gasteiger partial charge in [0.1, 0.15) is 0 Å². The summed E-state index contributed by atoms with van der Waals surface area (Å²) in [6.07, 6.45) is 1.19. The fourth-order valence-electron chi connectivity index (χ4n) is 1.76. The molecule has 0 rings (SSSR count). The van der Waals surface area contributed by atoms with E-state index < -0.39 is 36.4 Å². The smallest absolute Gasteiger partial charge is 0.339 e. The minimum absolute atomic E-state index is 0.111. The van der Waals surface area contributed by atoms with Crippen molar-refractivity contribution in [1.29, 1.82) is 0 Å². The van der Waals surface area contributed by atoms with E-state index in [1.165, 1.54) is 0 Å². The SMILES string of the molecule is CCCCCOC(=O)C(O)(CC(=O)OCC)CC(=O)OCC. The molecule has 0 aromatic heterocycles. The molecule has 22 heavy (non-hydrogen) atoms. The summed E-state index contributed by atoms with van der Waals surface area (Å²) in [5, 5.41) is 10.4. The molecule has 0 radical (unpaired) electrons. The molecule has 0 amide bonds. The molecule has 0 fully saturated rings. The fraction of sp³-hybridized carbons (Fsp3) is 0.800. The molecule has 0 aromatic rings. The molecule has 7 nitrogen and oxygen atoms in total. The van der Waals surface area contributed by atoms with Gasteiger partial charge in [0.2, 0.25) is 0 Å².